The number of pyridine rings is 1. The number of ether oxygens (including phenoxy) is 1. The van der Waals surface area contributed by atoms with Crippen molar-refractivity contribution < 1.29 is 9.53 Å². The van der Waals surface area contributed by atoms with Crippen LogP contribution in [-0.4, -0.2) is 60.1 Å². The average molecular weight is 557 g/mol. The summed E-state index contributed by atoms with van der Waals surface area (Å²) in [5, 5.41) is 1.21. The third-order valence-corrected chi connectivity index (χ3v) is 10.7. The van der Waals surface area contributed by atoms with E-state index in [-0.39, 0.29) is 11.2 Å². The number of nitrogens with zero attached hydrogens (tertiary/aromatic N) is 3. The number of thiophene rings is 1. The summed E-state index contributed by atoms with van der Waals surface area (Å²) in [6, 6.07) is 14.9. The van der Waals surface area contributed by atoms with Crippen LogP contribution in [0.1, 0.15) is 66.8 Å². The summed E-state index contributed by atoms with van der Waals surface area (Å²) >= 11 is 1.69. The number of carbonyl (C=O) groups excluding carboxylic acids is 1. The van der Waals surface area contributed by atoms with Gasteiger partial charge in [-0.3, -0.25) is 14.7 Å². The van der Waals surface area contributed by atoms with Crippen molar-refractivity contribution >= 4 is 22.1 Å². The maximum atomic E-state index is 13.3. The Morgan fingerprint density at radius 3 is 2.60 bits per heavy atom. The van der Waals surface area contributed by atoms with Gasteiger partial charge in [0.15, 0.2) is 5.78 Å². The third-order valence-electron chi connectivity index (χ3n) is 9.39. The second kappa shape index (κ2) is 10.4. The molecule has 40 heavy (non-hydrogen) atoms. The van der Waals surface area contributed by atoms with E-state index >= 15 is 0 Å². The summed E-state index contributed by atoms with van der Waals surface area (Å²) in [4.78, 5) is 24.2. The lowest BCUT2D eigenvalue weighted by Gasteiger charge is -2.37. The Hall–Kier alpha value is -2.58. The van der Waals surface area contributed by atoms with Crippen LogP contribution in [0.5, 0.6) is 0 Å². The van der Waals surface area contributed by atoms with E-state index in [9.17, 15) is 4.79 Å². The number of hydrogen-bond acceptors (Lipinski definition) is 7. The monoisotopic (exact) mass is 556 g/mol. The lowest BCUT2D eigenvalue weighted by molar-refractivity contribution is 0.0918. The minimum Gasteiger partial charge on any atom is -0.378 e. The van der Waals surface area contributed by atoms with Crippen LogP contribution in [0.2, 0.25) is 0 Å². The summed E-state index contributed by atoms with van der Waals surface area (Å²) in [7, 11) is 0. The standard InChI is InChI=1S/C33H40N4O2S/c1-33(2)18-27-30(32(36-10-12-39-13-11-36)40-31(27)29(38)19-33)23-8-9-35-28(15-23)22-5-3-4-21(14-22)20-37-25-6-7-26(37)17-24(34)16-25/h3-5,8-9,14-15,24-26H,6-7,10-13,16-20,34H2,1-2H3/t24-,25-,26+. The van der Waals surface area contributed by atoms with Crippen molar-refractivity contribution in [1.29, 1.82) is 0 Å². The summed E-state index contributed by atoms with van der Waals surface area (Å²) < 4.78 is 5.66. The van der Waals surface area contributed by atoms with Crippen LogP contribution in [0.15, 0.2) is 42.6 Å². The number of Topliss-reactive ketones (excluding diaryl/α,β-unsaturated/α-hetero) is 1. The average Bonchev–Trinajstić information content (AvgIpc) is 3.43. The van der Waals surface area contributed by atoms with E-state index in [0.717, 1.165) is 73.8 Å². The fraction of sp³-hybridized carbons (Fsp3) is 0.515. The van der Waals surface area contributed by atoms with Crippen LogP contribution < -0.4 is 10.6 Å². The first-order valence-corrected chi connectivity index (χ1v) is 15.7. The van der Waals surface area contributed by atoms with Gasteiger partial charge in [-0.25, -0.2) is 0 Å². The molecule has 4 aliphatic rings. The van der Waals surface area contributed by atoms with Crippen LogP contribution in [-0.2, 0) is 17.7 Å². The number of piperidine rings is 1. The van der Waals surface area contributed by atoms with Crippen LogP contribution in [0.25, 0.3) is 22.4 Å². The molecule has 5 heterocycles. The maximum absolute atomic E-state index is 13.3. The second-order valence-electron chi connectivity index (χ2n) is 13.0. The zero-order valence-electron chi connectivity index (χ0n) is 23.7. The number of rotatable bonds is 5. The lowest BCUT2D eigenvalue weighted by Crippen LogP contribution is -2.46. The number of aromatic nitrogens is 1. The number of benzene rings is 1. The molecule has 3 fully saturated rings. The molecular weight excluding hydrogens is 516 g/mol. The summed E-state index contributed by atoms with van der Waals surface area (Å²) in [6.45, 7) is 8.57. The van der Waals surface area contributed by atoms with Gasteiger partial charge in [-0.15, -0.1) is 11.3 Å². The highest BCUT2D eigenvalue weighted by Crippen LogP contribution is 2.50. The number of nitrogens with two attached hydrogens (primary N) is 1. The van der Waals surface area contributed by atoms with Gasteiger partial charge in [0.2, 0.25) is 0 Å². The van der Waals surface area contributed by atoms with E-state index in [1.165, 1.54) is 34.5 Å². The molecule has 3 aliphatic heterocycles. The van der Waals surface area contributed by atoms with Gasteiger partial charge in [-0.05, 0) is 72.4 Å². The van der Waals surface area contributed by atoms with E-state index in [4.69, 9.17) is 15.5 Å². The van der Waals surface area contributed by atoms with Crippen molar-refractivity contribution in [1.82, 2.24) is 9.88 Å². The van der Waals surface area contributed by atoms with Gasteiger partial charge in [0.1, 0.15) is 0 Å². The van der Waals surface area contributed by atoms with Crippen molar-refractivity contribution in [2.24, 2.45) is 11.1 Å². The minimum atomic E-state index is -0.0375. The van der Waals surface area contributed by atoms with E-state index in [0.29, 0.717) is 24.5 Å². The van der Waals surface area contributed by atoms with E-state index in [1.54, 1.807) is 11.3 Å². The lowest BCUT2D eigenvalue weighted by atomic mass is 9.75. The predicted octanol–water partition coefficient (Wildman–Crippen LogP) is 5.92. The first kappa shape index (κ1) is 26.3. The molecule has 7 heteroatoms. The smallest absolute Gasteiger partial charge is 0.173 e. The zero-order valence-corrected chi connectivity index (χ0v) is 24.5. The SMILES string of the molecule is CC1(C)CC(=O)c2sc(N3CCOCC3)c(-c3ccnc(-c4cccc(CN5[C@@H]6CC[C@H]5C[C@H](N)C6)c4)c3)c2C1. The Morgan fingerprint density at radius 2 is 1.82 bits per heavy atom. The Bertz CT molecular complexity index is 1410. The molecule has 7 rings (SSSR count). The van der Waals surface area contributed by atoms with Gasteiger partial charge in [-0.1, -0.05) is 32.0 Å². The van der Waals surface area contributed by atoms with Gasteiger partial charge >= 0.3 is 0 Å². The Morgan fingerprint density at radius 1 is 1.05 bits per heavy atom. The molecule has 210 valence electrons. The molecular formula is C33H40N4O2S. The molecule has 3 aromatic rings. The number of carbonyl (C=O) groups is 1. The van der Waals surface area contributed by atoms with Crippen molar-refractivity contribution in [2.75, 3.05) is 31.2 Å². The van der Waals surface area contributed by atoms with Crippen LogP contribution in [0, 0.1) is 5.41 Å². The molecule has 1 aromatic carbocycles. The van der Waals surface area contributed by atoms with Gasteiger partial charge in [-0.2, -0.15) is 0 Å². The van der Waals surface area contributed by atoms with Crippen molar-refractivity contribution in [3.8, 4) is 22.4 Å². The molecule has 0 radical (unpaired) electrons. The first-order valence-electron chi connectivity index (χ1n) is 14.9. The second-order valence-corrected chi connectivity index (χ2v) is 14.0. The summed E-state index contributed by atoms with van der Waals surface area (Å²) in [6.07, 6.45) is 8.26. The van der Waals surface area contributed by atoms with Crippen LogP contribution in [0.4, 0.5) is 5.00 Å². The highest BCUT2D eigenvalue weighted by Gasteiger charge is 2.39. The number of morpholine rings is 1. The fourth-order valence-electron chi connectivity index (χ4n) is 7.55. The third kappa shape index (κ3) is 4.91. The Kier molecular flexibility index (Phi) is 6.82. The predicted molar refractivity (Wildman–Crippen MR) is 162 cm³/mol. The van der Waals surface area contributed by atoms with Gasteiger partial charge in [0.05, 0.1) is 28.8 Å². The number of fused-ring (bicyclic) bond motifs is 3. The molecule has 0 amide bonds. The number of anilines is 1. The van der Waals surface area contributed by atoms with Crippen molar-refractivity contribution in [3.05, 3.63) is 58.6 Å². The summed E-state index contributed by atoms with van der Waals surface area (Å²) in [5.74, 6) is 0.284. The molecule has 1 aliphatic carbocycles. The van der Waals surface area contributed by atoms with Gasteiger partial charge < -0.3 is 15.4 Å². The normalized spacial score (nSPS) is 26.2. The van der Waals surface area contributed by atoms with Gasteiger partial charge in [0.25, 0.3) is 0 Å². The molecule has 3 saturated heterocycles. The molecule has 3 atom stereocenters. The van der Waals surface area contributed by atoms with Crippen molar-refractivity contribution in [2.45, 2.75) is 77.0 Å². The van der Waals surface area contributed by atoms with E-state index < -0.39 is 0 Å². The highest BCUT2D eigenvalue weighted by molar-refractivity contribution is 7.19. The topological polar surface area (TPSA) is 71.7 Å². The Labute approximate surface area is 241 Å². The molecule has 2 N–H and O–H groups in total. The maximum Gasteiger partial charge on any atom is 0.173 e. The number of ketones is 1. The number of hydrogen-bond donors (Lipinski definition) is 1. The minimum absolute atomic E-state index is 0.0375. The quantitative estimate of drug-likeness (QED) is 0.421. The zero-order chi connectivity index (χ0) is 27.4. The van der Waals surface area contributed by atoms with E-state index in [1.807, 2.05) is 6.20 Å². The van der Waals surface area contributed by atoms with E-state index in [2.05, 4.69) is 60.0 Å². The van der Waals surface area contributed by atoms with Crippen LogP contribution >= 0.6 is 11.3 Å². The Balaban J connectivity index is 1.24. The molecule has 0 saturated carbocycles. The van der Waals surface area contributed by atoms with Gasteiger partial charge in [0, 0.05) is 61.5 Å². The molecule has 0 spiro atoms. The largest absolute Gasteiger partial charge is 0.378 e. The molecule has 2 bridgehead atoms. The molecule has 0 unspecified atom stereocenters. The summed E-state index contributed by atoms with van der Waals surface area (Å²) in [5.41, 5.74) is 13.4. The highest BCUT2D eigenvalue weighted by atomic mass is 32.1. The van der Waals surface area contributed by atoms with Crippen molar-refractivity contribution in [3.63, 3.8) is 0 Å². The fourth-order valence-corrected chi connectivity index (χ4v) is 8.88. The van der Waals surface area contributed by atoms with Crippen LogP contribution in [0.3, 0.4) is 0 Å². The first-order chi connectivity index (χ1) is 19.3. The molecule has 6 nitrogen and oxygen atoms in total. The molecule has 2 aromatic heterocycles.